The molecule has 0 aromatic heterocycles. The van der Waals surface area contributed by atoms with Crippen molar-refractivity contribution < 1.29 is 14.3 Å². The quantitative estimate of drug-likeness (QED) is 0.772. The van der Waals surface area contributed by atoms with Gasteiger partial charge >= 0.3 is 5.97 Å². The number of esters is 1. The van der Waals surface area contributed by atoms with Gasteiger partial charge < -0.3 is 10.1 Å². The lowest BCUT2D eigenvalue weighted by molar-refractivity contribution is -0.150. The molecule has 1 aliphatic heterocycles. The largest absolute Gasteiger partial charge is 0.466 e. The van der Waals surface area contributed by atoms with E-state index in [0.29, 0.717) is 13.2 Å². The second-order valence-electron chi connectivity index (χ2n) is 6.28. The van der Waals surface area contributed by atoms with Crippen molar-refractivity contribution in [3.63, 3.8) is 0 Å². The van der Waals surface area contributed by atoms with Gasteiger partial charge in [0, 0.05) is 6.54 Å². The minimum atomic E-state index is -0.673. The lowest BCUT2D eigenvalue weighted by atomic mass is 9.97. The fraction of sp³-hybridized carbons (Fsp3) is 0.812. The molecule has 2 fully saturated rings. The molecule has 1 atom stereocenters. The molecule has 1 saturated heterocycles. The normalized spacial score (nSPS) is 24.5. The third-order valence-corrected chi connectivity index (χ3v) is 4.54. The van der Waals surface area contributed by atoms with E-state index in [2.05, 4.69) is 11.4 Å². The van der Waals surface area contributed by atoms with Crippen LogP contribution in [0.1, 0.15) is 45.4 Å². The van der Waals surface area contributed by atoms with Crippen molar-refractivity contribution in [1.82, 2.24) is 10.2 Å². The number of hydrogen-bond donors (Lipinski definition) is 1. The van der Waals surface area contributed by atoms with Gasteiger partial charge in [-0.05, 0) is 52.0 Å². The molecule has 0 aromatic carbocycles. The van der Waals surface area contributed by atoms with Gasteiger partial charge in [0.05, 0.1) is 25.1 Å². The van der Waals surface area contributed by atoms with Crippen molar-refractivity contribution >= 4 is 11.9 Å². The van der Waals surface area contributed by atoms with Gasteiger partial charge in [0.1, 0.15) is 5.54 Å². The highest BCUT2D eigenvalue weighted by molar-refractivity contribution is 5.79. The van der Waals surface area contributed by atoms with Crippen molar-refractivity contribution in [2.45, 2.75) is 51.0 Å². The molecule has 0 bridgehead atoms. The zero-order valence-corrected chi connectivity index (χ0v) is 13.3. The fourth-order valence-corrected chi connectivity index (χ4v) is 3.40. The Labute approximate surface area is 131 Å². The minimum absolute atomic E-state index is 0.118. The van der Waals surface area contributed by atoms with Gasteiger partial charge in [0.2, 0.25) is 5.91 Å². The van der Waals surface area contributed by atoms with Crippen molar-refractivity contribution in [3.05, 3.63) is 0 Å². The van der Waals surface area contributed by atoms with Crippen LogP contribution in [0.3, 0.4) is 0 Å². The third kappa shape index (κ3) is 4.20. The number of rotatable bonds is 5. The van der Waals surface area contributed by atoms with Gasteiger partial charge in [0.15, 0.2) is 0 Å². The maximum atomic E-state index is 12.2. The van der Waals surface area contributed by atoms with Gasteiger partial charge in [-0.1, -0.05) is 0 Å². The highest BCUT2D eigenvalue weighted by Crippen LogP contribution is 2.28. The Bertz CT molecular complexity index is 452. The second kappa shape index (κ2) is 7.59. The average molecular weight is 307 g/mol. The average Bonchev–Trinajstić information content (AvgIpc) is 2.96. The van der Waals surface area contributed by atoms with Crippen molar-refractivity contribution in [2.75, 3.05) is 26.2 Å². The molecule has 0 aromatic rings. The number of nitrogens with one attached hydrogen (secondary N) is 1. The first-order valence-electron chi connectivity index (χ1n) is 8.20. The number of likely N-dealkylation sites (tertiary alicyclic amines) is 1. The van der Waals surface area contributed by atoms with Crippen LogP contribution in [0.2, 0.25) is 0 Å². The number of carbonyl (C=O) groups is 2. The van der Waals surface area contributed by atoms with Crippen LogP contribution in [0.15, 0.2) is 0 Å². The topological polar surface area (TPSA) is 82.4 Å². The van der Waals surface area contributed by atoms with E-state index in [-0.39, 0.29) is 24.3 Å². The molecule has 6 heteroatoms. The molecule has 122 valence electrons. The number of hydrogen-bond acceptors (Lipinski definition) is 5. The maximum Gasteiger partial charge on any atom is 0.310 e. The summed E-state index contributed by atoms with van der Waals surface area (Å²) >= 11 is 0. The Morgan fingerprint density at radius 3 is 2.73 bits per heavy atom. The first kappa shape index (κ1) is 16.8. The van der Waals surface area contributed by atoms with Gasteiger partial charge in [-0.3, -0.25) is 14.5 Å². The first-order chi connectivity index (χ1) is 10.6. The van der Waals surface area contributed by atoms with Crippen LogP contribution in [0.4, 0.5) is 0 Å². The Hall–Kier alpha value is -1.61. The second-order valence-corrected chi connectivity index (χ2v) is 6.28. The number of amides is 1. The summed E-state index contributed by atoms with van der Waals surface area (Å²) in [4.78, 5) is 26.0. The van der Waals surface area contributed by atoms with E-state index in [4.69, 9.17) is 4.74 Å². The number of nitrogens with zero attached hydrogens (tertiary/aromatic N) is 2. The Kier molecular flexibility index (Phi) is 5.78. The molecule has 1 N–H and O–H groups in total. The van der Waals surface area contributed by atoms with Crippen LogP contribution in [0, 0.1) is 17.2 Å². The molecule has 6 nitrogen and oxygen atoms in total. The van der Waals surface area contributed by atoms with Gasteiger partial charge in [0.25, 0.3) is 0 Å². The highest BCUT2D eigenvalue weighted by atomic mass is 16.5. The predicted octanol–water partition coefficient (Wildman–Crippen LogP) is 1.21. The SMILES string of the molecule is CCOC(=O)C1CCCN(CC(=O)NC2(C#N)CCCC2)C1. The van der Waals surface area contributed by atoms with E-state index in [1.807, 2.05) is 4.90 Å². The Morgan fingerprint density at radius 2 is 2.09 bits per heavy atom. The summed E-state index contributed by atoms with van der Waals surface area (Å²) in [5, 5.41) is 12.2. The zero-order chi connectivity index (χ0) is 16.0. The first-order valence-corrected chi connectivity index (χ1v) is 8.20. The molecule has 0 spiro atoms. The summed E-state index contributed by atoms with van der Waals surface area (Å²) in [6.07, 6.45) is 5.16. The standard InChI is InChI=1S/C16H25N3O3/c1-2-22-15(21)13-6-5-9-19(10-13)11-14(20)18-16(12-17)7-3-4-8-16/h13H,2-11H2,1H3,(H,18,20). The van der Waals surface area contributed by atoms with E-state index in [1.165, 1.54) is 0 Å². The summed E-state index contributed by atoms with van der Waals surface area (Å²) in [6, 6.07) is 2.26. The summed E-state index contributed by atoms with van der Waals surface area (Å²) in [5.41, 5.74) is -0.673. The number of piperidine rings is 1. The molecule has 1 saturated carbocycles. The Morgan fingerprint density at radius 1 is 1.36 bits per heavy atom. The summed E-state index contributed by atoms with van der Waals surface area (Å²) < 4.78 is 5.07. The molecule has 0 radical (unpaired) electrons. The minimum Gasteiger partial charge on any atom is -0.466 e. The lowest BCUT2D eigenvalue weighted by Crippen LogP contribution is -2.50. The van der Waals surface area contributed by atoms with Crippen LogP contribution >= 0.6 is 0 Å². The summed E-state index contributed by atoms with van der Waals surface area (Å²) in [7, 11) is 0. The zero-order valence-electron chi connectivity index (χ0n) is 13.3. The van der Waals surface area contributed by atoms with E-state index in [0.717, 1.165) is 45.1 Å². The fourth-order valence-electron chi connectivity index (χ4n) is 3.40. The van der Waals surface area contributed by atoms with E-state index >= 15 is 0 Å². The van der Waals surface area contributed by atoms with Gasteiger partial charge in [-0.15, -0.1) is 0 Å². The molecule has 2 rings (SSSR count). The molecule has 1 aliphatic carbocycles. The molecule has 1 unspecified atom stereocenters. The smallest absolute Gasteiger partial charge is 0.310 e. The van der Waals surface area contributed by atoms with Gasteiger partial charge in [-0.2, -0.15) is 5.26 Å². The number of ether oxygens (including phenoxy) is 1. The lowest BCUT2D eigenvalue weighted by Gasteiger charge is -2.32. The molecule has 1 heterocycles. The molecular weight excluding hydrogens is 282 g/mol. The van der Waals surface area contributed by atoms with Crippen molar-refractivity contribution in [1.29, 1.82) is 5.26 Å². The highest BCUT2D eigenvalue weighted by Gasteiger charge is 2.36. The Balaban J connectivity index is 1.83. The maximum absolute atomic E-state index is 12.2. The van der Waals surface area contributed by atoms with Gasteiger partial charge in [-0.25, -0.2) is 0 Å². The van der Waals surface area contributed by atoms with Crippen LogP contribution in [-0.2, 0) is 14.3 Å². The molecule has 1 amide bonds. The predicted molar refractivity (Wildman–Crippen MR) is 80.8 cm³/mol. The number of nitriles is 1. The van der Waals surface area contributed by atoms with Crippen molar-refractivity contribution in [2.24, 2.45) is 5.92 Å². The van der Waals surface area contributed by atoms with Crippen LogP contribution in [0.25, 0.3) is 0 Å². The molecular formula is C16H25N3O3. The number of carbonyl (C=O) groups excluding carboxylic acids is 2. The summed E-state index contributed by atoms with van der Waals surface area (Å²) in [6.45, 7) is 3.81. The van der Waals surface area contributed by atoms with E-state index in [9.17, 15) is 14.9 Å². The summed E-state index contributed by atoms with van der Waals surface area (Å²) in [5.74, 6) is -0.428. The third-order valence-electron chi connectivity index (χ3n) is 4.54. The molecule has 22 heavy (non-hydrogen) atoms. The monoisotopic (exact) mass is 307 g/mol. The van der Waals surface area contributed by atoms with Crippen LogP contribution in [-0.4, -0.2) is 48.6 Å². The van der Waals surface area contributed by atoms with E-state index in [1.54, 1.807) is 6.92 Å². The molecule has 2 aliphatic rings. The van der Waals surface area contributed by atoms with Crippen molar-refractivity contribution in [3.8, 4) is 6.07 Å². The van der Waals surface area contributed by atoms with Crippen LogP contribution < -0.4 is 5.32 Å². The van der Waals surface area contributed by atoms with Crippen LogP contribution in [0.5, 0.6) is 0 Å². The van der Waals surface area contributed by atoms with E-state index < -0.39 is 5.54 Å².